The van der Waals surface area contributed by atoms with E-state index in [2.05, 4.69) is 20.7 Å². The van der Waals surface area contributed by atoms with Crippen molar-refractivity contribution in [1.82, 2.24) is 0 Å². The maximum atomic E-state index is 11.7. The minimum Gasteiger partial charge on any atom is -0.463 e. The van der Waals surface area contributed by atoms with Gasteiger partial charge in [0.1, 0.15) is 0 Å². The number of esters is 1. The lowest BCUT2D eigenvalue weighted by atomic mass is 9.99. The van der Waals surface area contributed by atoms with Gasteiger partial charge in [0.25, 0.3) is 5.78 Å². The molecular weight excluding hydrogens is 260 g/mol. The predicted octanol–water partition coefficient (Wildman–Crippen LogP) is 2.25. The summed E-state index contributed by atoms with van der Waals surface area (Å²) in [7, 11) is 1.20. The monoisotopic (exact) mass is 270 g/mol. The molecule has 0 aliphatic heterocycles. The Morgan fingerprint density at radius 2 is 2.07 bits per heavy atom. The number of Topliss-reactive ketones (excluding diaryl/α,β-unsaturated/α-hetero) is 1. The Hall–Kier alpha value is -1.16. The van der Waals surface area contributed by atoms with Crippen LogP contribution in [0.2, 0.25) is 0 Å². The Kier molecular flexibility index (Phi) is 4.03. The van der Waals surface area contributed by atoms with Gasteiger partial charge in [0.15, 0.2) is 0 Å². The molecule has 0 heterocycles. The van der Waals surface area contributed by atoms with Gasteiger partial charge in [-0.25, -0.2) is 4.79 Å². The van der Waals surface area contributed by atoms with Crippen molar-refractivity contribution in [2.24, 2.45) is 0 Å². The molecule has 3 nitrogen and oxygen atoms in total. The number of benzene rings is 1. The van der Waals surface area contributed by atoms with Crippen LogP contribution in [0.5, 0.6) is 0 Å². The van der Waals surface area contributed by atoms with Gasteiger partial charge >= 0.3 is 5.97 Å². The summed E-state index contributed by atoms with van der Waals surface area (Å²) in [5.74, 6) is -1.42. The molecule has 4 heteroatoms. The van der Waals surface area contributed by atoms with E-state index in [4.69, 9.17) is 0 Å². The quantitative estimate of drug-likeness (QED) is 0.366. The van der Waals surface area contributed by atoms with Gasteiger partial charge in [-0.05, 0) is 18.1 Å². The van der Waals surface area contributed by atoms with Crippen molar-refractivity contribution in [3.63, 3.8) is 0 Å². The molecule has 0 unspecified atom stereocenters. The maximum absolute atomic E-state index is 11.7. The molecule has 80 valence electrons. The van der Waals surface area contributed by atoms with Gasteiger partial charge in [0, 0.05) is 10.9 Å². The number of hydrogen-bond donors (Lipinski definition) is 0. The summed E-state index contributed by atoms with van der Waals surface area (Å²) in [5.41, 5.74) is 2.01. The number of ether oxygens (including phenoxy) is 1. The maximum Gasteiger partial charge on any atom is 0.379 e. The highest BCUT2D eigenvalue weighted by Crippen LogP contribution is 2.18. The third kappa shape index (κ3) is 2.45. The average molecular weight is 271 g/mol. The summed E-state index contributed by atoms with van der Waals surface area (Å²) >= 11 is 3.28. The second kappa shape index (κ2) is 5.07. The van der Waals surface area contributed by atoms with Crippen molar-refractivity contribution >= 4 is 27.7 Å². The Morgan fingerprint density at radius 3 is 2.60 bits per heavy atom. The van der Waals surface area contributed by atoms with Crippen LogP contribution in [0.25, 0.3) is 0 Å². The largest absolute Gasteiger partial charge is 0.463 e. The summed E-state index contributed by atoms with van der Waals surface area (Å²) in [6.45, 7) is 1.79. The normalized spacial score (nSPS) is 9.80. The molecule has 0 aliphatic carbocycles. The van der Waals surface area contributed by atoms with Crippen LogP contribution in [0.4, 0.5) is 0 Å². The number of hydrogen-bond acceptors (Lipinski definition) is 3. The van der Waals surface area contributed by atoms with Crippen molar-refractivity contribution in [3.05, 3.63) is 34.9 Å². The molecule has 0 aromatic heterocycles. The lowest BCUT2D eigenvalue weighted by Gasteiger charge is -2.07. The highest BCUT2D eigenvalue weighted by atomic mass is 79.9. The molecule has 1 aromatic carbocycles. The fourth-order valence-corrected chi connectivity index (χ4v) is 1.83. The van der Waals surface area contributed by atoms with E-state index in [1.54, 1.807) is 19.1 Å². The minimum absolute atomic E-state index is 0.432. The number of aryl methyl sites for hydroxylation is 1. The van der Waals surface area contributed by atoms with Crippen LogP contribution in [0.15, 0.2) is 18.2 Å². The molecule has 0 fully saturated rings. The molecule has 0 amide bonds. The smallest absolute Gasteiger partial charge is 0.379 e. The van der Waals surface area contributed by atoms with Crippen molar-refractivity contribution in [2.45, 2.75) is 12.3 Å². The standard InChI is InChI=1S/C11H11BrO3/c1-7-4-3-5-8(6-12)9(7)10(13)11(14)15-2/h3-5H,6H2,1-2H3. The zero-order chi connectivity index (χ0) is 11.4. The van der Waals surface area contributed by atoms with E-state index in [-0.39, 0.29) is 0 Å². The number of ketones is 1. The summed E-state index contributed by atoms with van der Waals surface area (Å²) < 4.78 is 4.42. The highest BCUT2D eigenvalue weighted by Gasteiger charge is 2.21. The molecule has 0 saturated carbocycles. The molecule has 0 bridgehead atoms. The number of rotatable bonds is 3. The summed E-state index contributed by atoms with van der Waals surface area (Å²) in [6, 6.07) is 5.44. The SMILES string of the molecule is COC(=O)C(=O)c1c(C)cccc1CBr. The van der Waals surface area contributed by atoms with Gasteiger partial charge in [-0.3, -0.25) is 4.79 Å². The van der Waals surface area contributed by atoms with E-state index in [9.17, 15) is 9.59 Å². The number of carbonyl (C=O) groups excluding carboxylic acids is 2. The van der Waals surface area contributed by atoms with E-state index in [0.717, 1.165) is 11.1 Å². The van der Waals surface area contributed by atoms with Crippen LogP contribution in [-0.2, 0) is 14.9 Å². The fraction of sp³-hybridized carbons (Fsp3) is 0.273. The lowest BCUT2D eigenvalue weighted by molar-refractivity contribution is -0.135. The van der Waals surface area contributed by atoms with Gasteiger partial charge < -0.3 is 4.74 Å². The first-order valence-electron chi connectivity index (χ1n) is 4.39. The zero-order valence-electron chi connectivity index (χ0n) is 8.54. The molecule has 1 rings (SSSR count). The van der Waals surface area contributed by atoms with Crippen LogP contribution < -0.4 is 0 Å². The van der Waals surface area contributed by atoms with Gasteiger partial charge in [0.2, 0.25) is 0 Å². The topological polar surface area (TPSA) is 43.4 Å². The molecule has 15 heavy (non-hydrogen) atoms. The van der Waals surface area contributed by atoms with Gasteiger partial charge in [-0.15, -0.1) is 0 Å². The van der Waals surface area contributed by atoms with Crippen LogP contribution in [0.1, 0.15) is 21.5 Å². The third-order valence-electron chi connectivity index (χ3n) is 2.10. The lowest BCUT2D eigenvalue weighted by Crippen LogP contribution is -2.18. The number of alkyl halides is 1. The van der Waals surface area contributed by atoms with Crippen LogP contribution >= 0.6 is 15.9 Å². The zero-order valence-corrected chi connectivity index (χ0v) is 10.1. The number of halogens is 1. The molecule has 0 aliphatic rings. The first-order chi connectivity index (χ1) is 7.11. The Balaban J connectivity index is 3.23. The van der Waals surface area contributed by atoms with Crippen molar-refractivity contribution < 1.29 is 14.3 Å². The molecule has 0 N–H and O–H groups in total. The first-order valence-corrected chi connectivity index (χ1v) is 5.51. The molecule has 0 radical (unpaired) electrons. The van der Waals surface area contributed by atoms with E-state index < -0.39 is 11.8 Å². The van der Waals surface area contributed by atoms with E-state index >= 15 is 0 Å². The van der Waals surface area contributed by atoms with Gasteiger partial charge in [-0.2, -0.15) is 0 Å². The molecular formula is C11H11BrO3. The van der Waals surface area contributed by atoms with Gasteiger partial charge in [0.05, 0.1) is 7.11 Å². The number of carbonyl (C=O) groups is 2. The molecule has 0 atom stereocenters. The second-order valence-corrected chi connectivity index (χ2v) is 3.62. The Morgan fingerprint density at radius 1 is 1.40 bits per heavy atom. The third-order valence-corrected chi connectivity index (χ3v) is 2.71. The van der Waals surface area contributed by atoms with Gasteiger partial charge in [-0.1, -0.05) is 34.1 Å². The van der Waals surface area contributed by atoms with Crippen molar-refractivity contribution in [1.29, 1.82) is 0 Å². The number of methoxy groups -OCH3 is 1. The predicted molar refractivity (Wildman–Crippen MR) is 60.2 cm³/mol. The van der Waals surface area contributed by atoms with Crippen LogP contribution in [0, 0.1) is 6.92 Å². The average Bonchev–Trinajstić information content (AvgIpc) is 2.26. The summed E-state index contributed by atoms with van der Waals surface area (Å²) in [6.07, 6.45) is 0. The Labute approximate surface area is 96.6 Å². The molecule has 0 spiro atoms. The van der Waals surface area contributed by atoms with E-state index in [1.807, 2.05) is 6.07 Å². The highest BCUT2D eigenvalue weighted by molar-refractivity contribution is 9.08. The fourth-order valence-electron chi connectivity index (χ4n) is 1.36. The van der Waals surface area contributed by atoms with Crippen molar-refractivity contribution in [3.8, 4) is 0 Å². The van der Waals surface area contributed by atoms with Crippen LogP contribution in [-0.4, -0.2) is 18.9 Å². The van der Waals surface area contributed by atoms with E-state index in [0.29, 0.717) is 10.9 Å². The van der Waals surface area contributed by atoms with E-state index in [1.165, 1.54) is 7.11 Å². The summed E-state index contributed by atoms with van der Waals surface area (Å²) in [5, 5.41) is 0.534. The second-order valence-electron chi connectivity index (χ2n) is 3.06. The Bertz CT molecular complexity index is 399. The minimum atomic E-state index is -0.827. The first kappa shape index (κ1) is 11.9. The van der Waals surface area contributed by atoms with Crippen molar-refractivity contribution in [2.75, 3.05) is 7.11 Å². The summed E-state index contributed by atoms with van der Waals surface area (Å²) in [4.78, 5) is 22.8. The molecule has 0 saturated heterocycles. The van der Waals surface area contributed by atoms with Crippen LogP contribution in [0.3, 0.4) is 0 Å². The molecule has 1 aromatic rings.